The Hall–Kier alpha value is -2.97. The van der Waals surface area contributed by atoms with Crippen molar-refractivity contribution in [2.45, 2.75) is 13.5 Å². The molecule has 0 radical (unpaired) electrons. The monoisotopic (exact) mass is 292 g/mol. The van der Waals surface area contributed by atoms with E-state index in [4.69, 9.17) is 9.84 Å². The number of nitrogens with zero attached hydrogens (tertiary/aromatic N) is 4. The van der Waals surface area contributed by atoms with Gasteiger partial charge in [-0.05, 0) is 6.92 Å². The van der Waals surface area contributed by atoms with Crippen LogP contribution in [0, 0.1) is 17.0 Å². The van der Waals surface area contributed by atoms with Gasteiger partial charge in [-0.2, -0.15) is 5.10 Å². The van der Waals surface area contributed by atoms with Crippen LogP contribution in [0.5, 0.6) is 5.75 Å². The van der Waals surface area contributed by atoms with Crippen molar-refractivity contribution in [1.29, 1.82) is 0 Å². The average Bonchev–Trinajstić information content (AvgIpc) is 2.82. The highest BCUT2D eigenvalue weighted by Crippen LogP contribution is 2.18. The van der Waals surface area contributed by atoms with E-state index in [-0.39, 0.29) is 6.54 Å². The van der Waals surface area contributed by atoms with Crippen LogP contribution in [0.1, 0.15) is 21.9 Å². The van der Waals surface area contributed by atoms with Gasteiger partial charge in [-0.25, -0.2) is 4.79 Å². The molecule has 2 aromatic rings. The molecule has 0 amide bonds. The summed E-state index contributed by atoms with van der Waals surface area (Å²) in [5.41, 5.74) is 0.118. The molecule has 2 heterocycles. The van der Waals surface area contributed by atoms with Crippen LogP contribution < -0.4 is 4.74 Å². The molecule has 0 saturated heterocycles. The lowest BCUT2D eigenvalue weighted by atomic mass is 10.3. The van der Waals surface area contributed by atoms with E-state index in [0.717, 1.165) is 6.20 Å². The van der Waals surface area contributed by atoms with Gasteiger partial charge in [-0.1, -0.05) is 0 Å². The van der Waals surface area contributed by atoms with Gasteiger partial charge in [0.2, 0.25) is 5.69 Å². The largest absolute Gasteiger partial charge is 0.497 e. The topological polar surface area (TPSA) is 120 Å². The zero-order valence-corrected chi connectivity index (χ0v) is 11.3. The number of aromatic carboxylic acids is 1. The normalized spacial score (nSPS) is 10.4. The van der Waals surface area contributed by atoms with E-state index < -0.39 is 22.3 Å². The van der Waals surface area contributed by atoms with Gasteiger partial charge >= 0.3 is 11.7 Å². The van der Waals surface area contributed by atoms with Crippen molar-refractivity contribution < 1.29 is 19.6 Å². The molecule has 9 nitrogen and oxygen atoms in total. The fraction of sp³-hybridized carbons (Fsp3) is 0.250. The smallest absolute Gasteiger partial charge is 0.363 e. The molecule has 2 rings (SSSR count). The summed E-state index contributed by atoms with van der Waals surface area (Å²) >= 11 is 0. The maximum atomic E-state index is 10.9. The Morgan fingerprint density at radius 3 is 2.76 bits per heavy atom. The molecule has 1 N–H and O–H groups in total. The van der Waals surface area contributed by atoms with E-state index in [1.165, 1.54) is 11.8 Å². The molecule has 0 saturated carbocycles. The summed E-state index contributed by atoms with van der Waals surface area (Å²) in [4.78, 5) is 25.2. The SMILES string of the molecule is COc1cc(C)nc(Cn2cc([N+](=O)[O-])c(C(=O)O)n2)c1. The van der Waals surface area contributed by atoms with Crippen LogP contribution in [-0.2, 0) is 6.54 Å². The molecular weight excluding hydrogens is 280 g/mol. The molecule has 0 aliphatic rings. The van der Waals surface area contributed by atoms with Crippen LogP contribution in [0.4, 0.5) is 5.69 Å². The van der Waals surface area contributed by atoms with Gasteiger partial charge in [0.15, 0.2) is 0 Å². The molecule has 0 unspecified atom stereocenters. The number of pyridine rings is 1. The molecule has 110 valence electrons. The Morgan fingerprint density at radius 2 is 2.24 bits per heavy atom. The van der Waals surface area contributed by atoms with E-state index in [9.17, 15) is 14.9 Å². The van der Waals surface area contributed by atoms with Crippen molar-refractivity contribution in [3.05, 3.63) is 45.5 Å². The molecular formula is C12H12N4O5. The fourth-order valence-corrected chi connectivity index (χ4v) is 1.85. The number of hydrogen-bond donors (Lipinski definition) is 1. The molecule has 21 heavy (non-hydrogen) atoms. The number of nitro groups is 1. The number of aromatic nitrogens is 3. The number of methoxy groups -OCH3 is 1. The highest BCUT2D eigenvalue weighted by molar-refractivity contribution is 5.89. The van der Waals surface area contributed by atoms with Gasteiger partial charge in [0, 0.05) is 17.8 Å². The minimum Gasteiger partial charge on any atom is -0.497 e. The summed E-state index contributed by atoms with van der Waals surface area (Å²) in [6.07, 6.45) is 1.07. The number of hydrogen-bond acceptors (Lipinski definition) is 6. The van der Waals surface area contributed by atoms with Crippen molar-refractivity contribution in [3.8, 4) is 5.75 Å². The average molecular weight is 292 g/mol. The summed E-state index contributed by atoms with van der Waals surface area (Å²) < 4.78 is 6.28. The lowest BCUT2D eigenvalue weighted by molar-refractivity contribution is -0.385. The number of carboxylic acids is 1. The summed E-state index contributed by atoms with van der Waals surface area (Å²) in [7, 11) is 1.51. The second kappa shape index (κ2) is 5.57. The summed E-state index contributed by atoms with van der Waals surface area (Å²) in [6, 6.07) is 3.39. The minimum atomic E-state index is -1.45. The van der Waals surface area contributed by atoms with Crippen LogP contribution >= 0.6 is 0 Å². The summed E-state index contributed by atoms with van der Waals surface area (Å²) in [6.45, 7) is 1.88. The van der Waals surface area contributed by atoms with Crippen LogP contribution in [0.2, 0.25) is 0 Å². The van der Waals surface area contributed by atoms with E-state index in [1.807, 2.05) is 0 Å². The number of carboxylic acid groups (broad SMARTS) is 1. The summed E-state index contributed by atoms with van der Waals surface area (Å²) in [5.74, 6) is -0.854. The van der Waals surface area contributed by atoms with Crippen LogP contribution in [0.25, 0.3) is 0 Å². The van der Waals surface area contributed by atoms with Crippen molar-refractivity contribution in [2.75, 3.05) is 7.11 Å². The first-order valence-electron chi connectivity index (χ1n) is 5.87. The predicted octanol–water partition coefficient (Wildman–Crippen LogP) is 1.25. The first-order chi connectivity index (χ1) is 9.90. The number of ether oxygens (including phenoxy) is 1. The van der Waals surface area contributed by atoms with Gasteiger partial charge in [0.1, 0.15) is 11.9 Å². The van der Waals surface area contributed by atoms with Crippen LogP contribution in [-0.4, -0.2) is 37.9 Å². The van der Waals surface area contributed by atoms with Gasteiger partial charge in [0.25, 0.3) is 0 Å². The zero-order chi connectivity index (χ0) is 15.6. The molecule has 0 aliphatic heterocycles. The first kappa shape index (κ1) is 14.4. The zero-order valence-electron chi connectivity index (χ0n) is 11.3. The van der Waals surface area contributed by atoms with Gasteiger partial charge in [0.05, 0.1) is 24.3 Å². The predicted molar refractivity (Wildman–Crippen MR) is 70.5 cm³/mol. The van der Waals surface area contributed by atoms with E-state index in [0.29, 0.717) is 17.1 Å². The third-order valence-corrected chi connectivity index (χ3v) is 2.68. The third kappa shape index (κ3) is 3.14. The highest BCUT2D eigenvalue weighted by atomic mass is 16.6. The van der Waals surface area contributed by atoms with Crippen molar-refractivity contribution >= 4 is 11.7 Å². The maximum absolute atomic E-state index is 10.9. The lowest BCUT2D eigenvalue weighted by Gasteiger charge is -2.05. The Balaban J connectivity index is 2.36. The molecule has 0 fully saturated rings. The molecule has 0 spiro atoms. The van der Waals surface area contributed by atoms with Gasteiger partial charge < -0.3 is 9.84 Å². The second-order valence-corrected chi connectivity index (χ2v) is 4.26. The van der Waals surface area contributed by atoms with Gasteiger partial charge in [-0.15, -0.1) is 0 Å². The molecule has 0 aliphatic carbocycles. The van der Waals surface area contributed by atoms with Crippen molar-refractivity contribution in [1.82, 2.24) is 14.8 Å². The van der Waals surface area contributed by atoms with E-state index in [2.05, 4.69) is 10.1 Å². The Kier molecular flexibility index (Phi) is 3.83. The van der Waals surface area contributed by atoms with Crippen molar-refractivity contribution in [3.63, 3.8) is 0 Å². The molecule has 0 atom stereocenters. The van der Waals surface area contributed by atoms with E-state index >= 15 is 0 Å². The Bertz CT molecular complexity index is 678. The second-order valence-electron chi connectivity index (χ2n) is 4.26. The minimum absolute atomic E-state index is 0.103. The van der Waals surface area contributed by atoms with Crippen LogP contribution in [0.3, 0.4) is 0 Å². The van der Waals surface area contributed by atoms with Gasteiger partial charge in [-0.3, -0.25) is 19.8 Å². The molecule has 0 bridgehead atoms. The number of aryl methyl sites for hydroxylation is 1. The number of rotatable bonds is 5. The number of carbonyl (C=O) groups is 1. The Labute approximate surface area is 118 Å². The fourth-order valence-electron chi connectivity index (χ4n) is 1.85. The third-order valence-electron chi connectivity index (χ3n) is 2.68. The lowest BCUT2D eigenvalue weighted by Crippen LogP contribution is -2.06. The van der Waals surface area contributed by atoms with Crippen molar-refractivity contribution in [2.24, 2.45) is 0 Å². The molecule has 2 aromatic heterocycles. The molecule has 0 aromatic carbocycles. The summed E-state index contributed by atoms with van der Waals surface area (Å²) in [5, 5.41) is 23.4. The molecule has 9 heteroatoms. The maximum Gasteiger partial charge on any atom is 0.363 e. The highest BCUT2D eigenvalue weighted by Gasteiger charge is 2.25. The quantitative estimate of drug-likeness (QED) is 0.650. The van der Waals surface area contributed by atoms with E-state index in [1.54, 1.807) is 19.1 Å². The standard InChI is InChI=1S/C12H12N4O5/c1-7-3-9(21-2)4-8(13-7)5-15-6-10(16(19)20)11(14-15)12(17)18/h3-4,6H,5H2,1-2H3,(H,17,18). The Morgan fingerprint density at radius 1 is 1.52 bits per heavy atom. The van der Waals surface area contributed by atoms with Crippen LogP contribution in [0.15, 0.2) is 18.3 Å². The first-order valence-corrected chi connectivity index (χ1v) is 5.87.